The van der Waals surface area contributed by atoms with E-state index in [-0.39, 0.29) is 11.9 Å². The van der Waals surface area contributed by atoms with Crippen molar-refractivity contribution in [2.45, 2.75) is 25.9 Å². The molecule has 1 unspecified atom stereocenters. The minimum atomic E-state index is -0.0255. The van der Waals surface area contributed by atoms with Crippen molar-refractivity contribution in [1.29, 1.82) is 0 Å². The number of thiazole rings is 1. The van der Waals surface area contributed by atoms with Crippen LogP contribution in [-0.2, 0) is 11.3 Å². The maximum absolute atomic E-state index is 12.1. The van der Waals surface area contributed by atoms with Crippen LogP contribution in [0, 0.1) is 0 Å². The molecule has 2 aromatic rings. The largest absolute Gasteiger partial charge is 0.334 e. The molecule has 6 heteroatoms. The maximum Gasteiger partial charge on any atom is 0.240 e. The van der Waals surface area contributed by atoms with Crippen LogP contribution in [0.5, 0.6) is 0 Å². The maximum atomic E-state index is 12.1. The average molecular weight is 264 g/mol. The van der Waals surface area contributed by atoms with E-state index in [0.717, 1.165) is 30.2 Å². The molecule has 0 spiro atoms. The summed E-state index contributed by atoms with van der Waals surface area (Å²) in [5.41, 5.74) is 0.965. The summed E-state index contributed by atoms with van der Waals surface area (Å²) in [4.78, 5) is 19.6. The number of hydrogen-bond acceptors (Lipinski definition) is 4. The molecule has 96 valence electrons. The Morgan fingerprint density at radius 3 is 3.28 bits per heavy atom. The number of piperazine rings is 1. The number of carbonyl (C=O) groups is 1. The van der Waals surface area contributed by atoms with Gasteiger partial charge in [0.2, 0.25) is 5.91 Å². The SMILES string of the molecule is CCC1NCCN(Cc2cn3ccsc3n2)C1=O. The van der Waals surface area contributed by atoms with Gasteiger partial charge in [0.1, 0.15) is 0 Å². The highest BCUT2D eigenvalue weighted by atomic mass is 32.1. The standard InChI is InChI=1S/C12H16N4OS/c1-2-10-11(17)15(4-3-13-10)7-9-8-16-5-6-18-12(16)14-9/h5-6,8,10,13H,2-4,7H2,1H3. The quantitative estimate of drug-likeness (QED) is 0.903. The van der Waals surface area contributed by atoms with Gasteiger partial charge in [0.25, 0.3) is 0 Å². The molecule has 1 N–H and O–H groups in total. The predicted octanol–water partition coefficient (Wildman–Crippen LogP) is 1.11. The van der Waals surface area contributed by atoms with Gasteiger partial charge in [0.15, 0.2) is 4.96 Å². The third-order valence-corrected chi connectivity index (χ3v) is 4.06. The summed E-state index contributed by atoms with van der Waals surface area (Å²) in [7, 11) is 0. The van der Waals surface area contributed by atoms with Gasteiger partial charge in [-0.2, -0.15) is 0 Å². The Morgan fingerprint density at radius 2 is 2.50 bits per heavy atom. The van der Waals surface area contributed by atoms with E-state index in [4.69, 9.17) is 0 Å². The zero-order chi connectivity index (χ0) is 12.5. The first-order valence-electron chi connectivity index (χ1n) is 6.21. The van der Waals surface area contributed by atoms with Crippen molar-refractivity contribution >= 4 is 22.2 Å². The molecular formula is C12H16N4OS. The molecule has 0 aromatic carbocycles. The van der Waals surface area contributed by atoms with Crippen molar-refractivity contribution in [1.82, 2.24) is 19.6 Å². The summed E-state index contributed by atoms with van der Waals surface area (Å²) in [6.07, 6.45) is 4.83. The van der Waals surface area contributed by atoms with Crippen molar-refractivity contribution in [2.24, 2.45) is 0 Å². The van der Waals surface area contributed by atoms with Crippen LogP contribution in [0.4, 0.5) is 0 Å². The summed E-state index contributed by atoms with van der Waals surface area (Å²) >= 11 is 1.61. The van der Waals surface area contributed by atoms with Crippen molar-refractivity contribution in [3.63, 3.8) is 0 Å². The Hall–Kier alpha value is -1.40. The lowest BCUT2D eigenvalue weighted by atomic mass is 10.1. The summed E-state index contributed by atoms with van der Waals surface area (Å²) < 4.78 is 2.00. The minimum absolute atomic E-state index is 0.0255. The molecule has 0 saturated carbocycles. The highest BCUT2D eigenvalue weighted by molar-refractivity contribution is 7.15. The Morgan fingerprint density at radius 1 is 1.61 bits per heavy atom. The fraction of sp³-hybridized carbons (Fsp3) is 0.500. The zero-order valence-corrected chi connectivity index (χ0v) is 11.1. The lowest BCUT2D eigenvalue weighted by Crippen LogP contribution is -2.54. The van der Waals surface area contributed by atoms with Gasteiger partial charge in [-0.3, -0.25) is 9.20 Å². The van der Waals surface area contributed by atoms with Crippen LogP contribution in [0.15, 0.2) is 17.8 Å². The number of hydrogen-bond donors (Lipinski definition) is 1. The van der Waals surface area contributed by atoms with Crippen LogP contribution in [-0.4, -0.2) is 39.3 Å². The van der Waals surface area contributed by atoms with Crippen molar-refractivity contribution < 1.29 is 4.79 Å². The molecule has 0 bridgehead atoms. The lowest BCUT2D eigenvalue weighted by Gasteiger charge is -2.32. The number of aromatic nitrogens is 2. The van der Waals surface area contributed by atoms with Crippen molar-refractivity contribution in [2.75, 3.05) is 13.1 Å². The Labute approximate surface area is 109 Å². The predicted molar refractivity (Wildman–Crippen MR) is 70.6 cm³/mol. The van der Waals surface area contributed by atoms with Crippen molar-refractivity contribution in [3.8, 4) is 0 Å². The Kier molecular flexibility index (Phi) is 3.05. The van der Waals surface area contributed by atoms with E-state index in [1.54, 1.807) is 11.3 Å². The lowest BCUT2D eigenvalue weighted by molar-refractivity contribution is -0.136. The highest BCUT2D eigenvalue weighted by Crippen LogP contribution is 2.14. The molecule has 1 aliphatic heterocycles. The minimum Gasteiger partial charge on any atom is -0.334 e. The molecule has 0 radical (unpaired) electrons. The van der Waals surface area contributed by atoms with E-state index in [1.807, 2.05) is 34.0 Å². The third kappa shape index (κ3) is 2.02. The van der Waals surface area contributed by atoms with E-state index in [1.165, 1.54) is 0 Å². The molecule has 18 heavy (non-hydrogen) atoms. The van der Waals surface area contributed by atoms with Crippen LogP contribution in [0.1, 0.15) is 19.0 Å². The molecule has 0 aliphatic carbocycles. The summed E-state index contributed by atoms with van der Waals surface area (Å²) in [6, 6.07) is -0.0255. The normalized spacial score (nSPS) is 20.8. The van der Waals surface area contributed by atoms with Gasteiger partial charge in [-0.05, 0) is 6.42 Å². The van der Waals surface area contributed by atoms with Gasteiger partial charge >= 0.3 is 0 Å². The third-order valence-electron chi connectivity index (χ3n) is 3.29. The van der Waals surface area contributed by atoms with E-state index >= 15 is 0 Å². The average Bonchev–Trinajstić information content (AvgIpc) is 2.92. The number of nitrogens with one attached hydrogen (secondary N) is 1. The van der Waals surface area contributed by atoms with Gasteiger partial charge in [-0.25, -0.2) is 4.98 Å². The zero-order valence-electron chi connectivity index (χ0n) is 10.3. The molecule has 1 saturated heterocycles. The molecule has 2 aromatic heterocycles. The molecule has 1 fully saturated rings. The highest BCUT2D eigenvalue weighted by Gasteiger charge is 2.27. The number of carbonyl (C=O) groups excluding carboxylic acids is 1. The fourth-order valence-electron chi connectivity index (χ4n) is 2.32. The van der Waals surface area contributed by atoms with E-state index in [0.29, 0.717) is 6.54 Å². The van der Waals surface area contributed by atoms with Crippen LogP contribution in [0.2, 0.25) is 0 Å². The number of rotatable bonds is 3. The number of imidazole rings is 1. The topological polar surface area (TPSA) is 49.6 Å². The summed E-state index contributed by atoms with van der Waals surface area (Å²) in [5.74, 6) is 0.195. The molecule has 1 atom stereocenters. The van der Waals surface area contributed by atoms with Crippen molar-refractivity contribution in [3.05, 3.63) is 23.5 Å². The van der Waals surface area contributed by atoms with Crippen LogP contribution < -0.4 is 5.32 Å². The first kappa shape index (κ1) is 11.7. The van der Waals surface area contributed by atoms with Crippen LogP contribution in [0.3, 0.4) is 0 Å². The van der Waals surface area contributed by atoms with Gasteiger partial charge in [-0.1, -0.05) is 6.92 Å². The van der Waals surface area contributed by atoms with Gasteiger partial charge in [0, 0.05) is 30.9 Å². The second-order valence-corrected chi connectivity index (χ2v) is 5.37. The summed E-state index contributed by atoms with van der Waals surface area (Å²) in [5, 5.41) is 5.25. The monoisotopic (exact) mass is 264 g/mol. The Bertz CT molecular complexity index is 533. The van der Waals surface area contributed by atoms with Crippen LogP contribution in [0.25, 0.3) is 4.96 Å². The summed E-state index contributed by atoms with van der Waals surface area (Å²) in [6.45, 7) is 4.28. The Balaban J connectivity index is 1.75. The number of amides is 1. The molecule has 1 amide bonds. The van der Waals surface area contributed by atoms with E-state index in [9.17, 15) is 4.79 Å². The van der Waals surface area contributed by atoms with Gasteiger partial charge in [-0.15, -0.1) is 11.3 Å². The first-order valence-corrected chi connectivity index (χ1v) is 7.09. The fourth-order valence-corrected chi connectivity index (χ4v) is 3.03. The first-order chi connectivity index (χ1) is 8.78. The second-order valence-electron chi connectivity index (χ2n) is 4.50. The van der Waals surface area contributed by atoms with E-state index < -0.39 is 0 Å². The second kappa shape index (κ2) is 4.70. The van der Waals surface area contributed by atoms with Crippen LogP contribution >= 0.6 is 11.3 Å². The molecule has 1 aliphatic rings. The smallest absolute Gasteiger partial charge is 0.240 e. The van der Waals surface area contributed by atoms with Gasteiger partial charge in [0.05, 0.1) is 18.3 Å². The number of nitrogens with zero attached hydrogens (tertiary/aromatic N) is 3. The number of fused-ring (bicyclic) bond motifs is 1. The molecule has 5 nitrogen and oxygen atoms in total. The molecule has 3 rings (SSSR count). The van der Waals surface area contributed by atoms with Gasteiger partial charge < -0.3 is 10.2 Å². The molecular weight excluding hydrogens is 248 g/mol. The van der Waals surface area contributed by atoms with E-state index in [2.05, 4.69) is 10.3 Å². The molecule has 3 heterocycles.